The Hall–Kier alpha value is -3.12. The molecule has 0 atom stereocenters. The second kappa shape index (κ2) is 7.63. The van der Waals surface area contributed by atoms with Crippen LogP contribution >= 0.6 is 0 Å². The number of hydrogen-bond acceptors (Lipinski definition) is 4. The van der Waals surface area contributed by atoms with E-state index in [-0.39, 0.29) is 5.91 Å². The molecule has 0 saturated carbocycles. The molecule has 0 unspecified atom stereocenters. The molecule has 27 heavy (non-hydrogen) atoms. The highest BCUT2D eigenvalue weighted by Gasteiger charge is 2.25. The fraction of sp³-hybridized carbons (Fsp3) is 0.238. The molecule has 2 heterocycles. The third-order valence-corrected chi connectivity index (χ3v) is 4.80. The normalized spacial score (nSPS) is 15.1. The average molecular weight is 362 g/mol. The standard InChI is InChI=1S/C21H22N4O2/c1-27-19-8-9-20(25-11-5-10-22-25)17(14-19)15-23-12-13-24(21(26)16-23)18-6-3-2-4-7-18/h2-11,14H,12-13,15-16H2,1H3. The van der Waals surface area contributed by atoms with Crippen LogP contribution in [0.2, 0.25) is 0 Å². The van der Waals surface area contributed by atoms with Gasteiger partial charge in [-0.05, 0) is 42.0 Å². The van der Waals surface area contributed by atoms with Crippen molar-refractivity contribution in [3.05, 3.63) is 72.6 Å². The number of aromatic nitrogens is 2. The zero-order valence-electron chi connectivity index (χ0n) is 15.3. The molecule has 3 aromatic rings. The molecular formula is C21H22N4O2. The third-order valence-electron chi connectivity index (χ3n) is 4.80. The monoisotopic (exact) mass is 362 g/mol. The van der Waals surface area contributed by atoms with E-state index >= 15 is 0 Å². The lowest BCUT2D eigenvalue weighted by Gasteiger charge is -2.34. The maximum Gasteiger partial charge on any atom is 0.241 e. The molecule has 1 aliphatic heterocycles. The van der Waals surface area contributed by atoms with Crippen LogP contribution in [0.1, 0.15) is 5.56 Å². The Bertz CT molecular complexity index is 909. The van der Waals surface area contributed by atoms with Crippen LogP contribution in [-0.4, -0.2) is 47.3 Å². The molecule has 0 radical (unpaired) electrons. The van der Waals surface area contributed by atoms with Gasteiger partial charge in [0.1, 0.15) is 5.75 Å². The molecule has 0 spiro atoms. The predicted molar refractivity (Wildman–Crippen MR) is 104 cm³/mol. The highest BCUT2D eigenvalue weighted by Crippen LogP contribution is 2.24. The van der Waals surface area contributed by atoms with Crippen LogP contribution in [0.15, 0.2) is 67.0 Å². The van der Waals surface area contributed by atoms with Gasteiger partial charge < -0.3 is 9.64 Å². The van der Waals surface area contributed by atoms with Crippen LogP contribution in [0.3, 0.4) is 0 Å². The van der Waals surface area contributed by atoms with Gasteiger partial charge in [-0.15, -0.1) is 0 Å². The first kappa shape index (κ1) is 17.3. The number of methoxy groups -OCH3 is 1. The molecule has 1 amide bonds. The van der Waals surface area contributed by atoms with Gasteiger partial charge in [-0.3, -0.25) is 9.69 Å². The highest BCUT2D eigenvalue weighted by molar-refractivity contribution is 5.95. The van der Waals surface area contributed by atoms with Gasteiger partial charge in [-0.2, -0.15) is 5.10 Å². The molecule has 0 bridgehead atoms. The van der Waals surface area contributed by atoms with E-state index in [0.29, 0.717) is 19.6 Å². The number of carbonyl (C=O) groups excluding carboxylic acids is 1. The van der Waals surface area contributed by atoms with Crippen LogP contribution in [0.5, 0.6) is 5.75 Å². The van der Waals surface area contributed by atoms with E-state index < -0.39 is 0 Å². The first-order valence-electron chi connectivity index (χ1n) is 8.99. The SMILES string of the molecule is COc1ccc(-n2cccn2)c(CN2CCN(c3ccccc3)C(=O)C2)c1. The summed E-state index contributed by atoms with van der Waals surface area (Å²) in [4.78, 5) is 16.7. The topological polar surface area (TPSA) is 50.6 Å². The number of hydrogen-bond donors (Lipinski definition) is 0. The van der Waals surface area contributed by atoms with E-state index in [1.807, 2.05) is 70.4 Å². The summed E-state index contributed by atoms with van der Waals surface area (Å²) in [5.74, 6) is 0.922. The first-order valence-corrected chi connectivity index (χ1v) is 8.99. The molecule has 1 aliphatic rings. The van der Waals surface area contributed by atoms with E-state index in [2.05, 4.69) is 10.00 Å². The molecular weight excluding hydrogens is 340 g/mol. The number of anilines is 1. The van der Waals surface area contributed by atoms with E-state index in [1.54, 1.807) is 13.3 Å². The number of nitrogens with zero attached hydrogens (tertiary/aromatic N) is 4. The second-order valence-electron chi connectivity index (χ2n) is 6.54. The minimum atomic E-state index is 0.121. The van der Waals surface area contributed by atoms with Crippen LogP contribution in [0.25, 0.3) is 5.69 Å². The Morgan fingerprint density at radius 2 is 1.93 bits per heavy atom. The average Bonchev–Trinajstić information content (AvgIpc) is 3.23. The molecule has 6 nitrogen and oxygen atoms in total. The van der Waals surface area contributed by atoms with Crippen LogP contribution < -0.4 is 9.64 Å². The summed E-state index contributed by atoms with van der Waals surface area (Å²) in [6.45, 7) is 2.56. The number of carbonyl (C=O) groups is 1. The Morgan fingerprint density at radius 1 is 1.07 bits per heavy atom. The lowest BCUT2D eigenvalue weighted by atomic mass is 10.1. The highest BCUT2D eigenvalue weighted by atomic mass is 16.5. The van der Waals surface area contributed by atoms with Gasteiger partial charge in [0.15, 0.2) is 0 Å². The second-order valence-corrected chi connectivity index (χ2v) is 6.54. The molecule has 1 aromatic heterocycles. The maximum atomic E-state index is 12.7. The number of amides is 1. The number of ether oxygens (including phenoxy) is 1. The van der Waals surface area contributed by atoms with Crippen molar-refractivity contribution in [1.29, 1.82) is 0 Å². The van der Waals surface area contributed by atoms with Crippen molar-refractivity contribution >= 4 is 11.6 Å². The van der Waals surface area contributed by atoms with E-state index in [0.717, 1.165) is 29.2 Å². The predicted octanol–water partition coefficient (Wildman–Crippen LogP) is 2.73. The van der Waals surface area contributed by atoms with Crippen LogP contribution in [-0.2, 0) is 11.3 Å². The van der Waals surface area contributed by atoms with Crippen molar-refractivity contribution in [2.24, 2.45) is 0 Å². The van der Waals surface area contributed by atoms with Gasteiger partial charge in [-0.25, -0.2) is 4.68 Å². The molecule has 0 aliphatic carbocycles. The van der Waals surface area contributed by atoms with E-state index in [9.17, 15) is 4.79 Å². The van der Waals surface area contributed by atoms with Crippen molar-refractivity contribution in [2.45, 2.75) is 6.54 Å². The Kier molecular flexibility index (Phi) is 4.89. The van der Waals surface area contributed by atoms with Gasteiger partial charge in [0.2, 0.25) is 5.91 Å². The largest absolute Gasteiger partial charge is 0.497 e. The Balaban J connectivity index is 1.52. The van der Waals surface area contributed by atoms with E-state index in [1.165, 1.54) is 0 Å². The van der Waals surface area contributed by atoms with Crippen molar-refractivity contribution in [2.75, 3.05) is 31.6 Å². The first-order chi connectivity index (χ1) is 13.2. The van der Waals surface area contributed by atoms with E-state index in [4.69, 9.17) is 4.74 Å². The number of benzene rings is 2. The molecule has 2 aromatic carbocycles. The van der Waals surface area contributed by atoms with Crippen LogP contribution in [0, 0.1) is 0 Å². The van der Waals surface area contributed by atoms with Gasteiger partial charge in [0.25, 0.3) is 0 Å². The summed E-state index contributed by atoms with van der Waals surface area (Å²) in [5.41, 5.74) is 3.04. The lowest BCUT2D eigenvalue weighted by molar-refractivity contribution is -0.121. The lowest BCUT2D eigenvalue weighted by Crippen LogP contribution is -2.50. The zero-order chi connectivity index (χ0) is 18.6. The van der Waals surface area contributed by atoms with Gasteiger partial charge in [-0.1, -0.05) is 18.2 Å². The summed E-state index contributed by atoms with van der Waals surface area (Å²) < 4.78 is 7.23. The molecule has 6 heteroatoms. The van der Waals surface area contributed by atoms with Gasteiger partial charge >= 0.3 is 0 Å². The fourth-order valence-corrected chi connectivity index (χ4v) is 3.43. The van der Waals surface area contributed by atoms with Gasteiger partial charge in [0.05, 0.1) is 19.3 Å². The smallest absolute Gasteiger partial charge is 0.241 e. The van der Waals surface area contributed by atoms with Crippen molar-refractivity contribution < 1.29 is 9.53 Å². The summed E-state index contributed by atoms with van der Waals surface area (Å²) in [6, 6.07) is 17.7. The summed E-state index contributed by atoms with van der Waals surface area (Å²) >= 11 is 0. The van der Waals surface area contributed by atoms with Gasteiger partial charge in [0, 0.05) is 37.7 Å². The molecule has 1 fully saturated rings. The Morgan fingerprint density at radius 3 is 2.63 bits per heavy atom. The van der Waals surface area contributed by atoms with Crippen molar-refractivity contribution in [3.63, 3.8) is 0 Å². The van der Waals surface area contributed by atoms with Crippen molar-refractivity contribution in [3.8, 4) is 11.4 Å². The minimum Gasteiger partial charge on any atom is -0.497 e. The number of para-hydroxylation sites is 1. The minimum absolute atomic E-state index is 0.121. The molecule has 1 saturated heterocycles. The maximum absolute atomic E-state index is 12.7. The summed E-state index contributed by atoms with van der Waals surface area (Å²) in [5, 5.41) is 4.34. The molecule has 4 rings (SSSR count). The van der Waals surface area contributed by atoms with Crippen LogP contribution in [0.4, 0.5) is 5.69 Å². The molecule has 138 valence electrons. The Labute approximate surface area is 158 Å². The van der Waals surface area contributed by atoms with Crippen molar-refractivity contribution in [1.82, 2.24) is 14.7 Å². The fourth-order valence-electron chi connectivity index (χ4n) is 3.43. The zero-order valence-corrected chi connectivity index (χ0v) is 15.3. The number of piperazine rings is 1. The summed E-state index contributed by atoms with van der Waals surface area (Å²) in [7, 11) is 1.66. The molecule has 0 N–H and O–H groups in total. The summed E-state index contributed by atoms with van der Waals surface area (Å²) in [6.07, 6.45) is 3.68. The number of rotatable bonds is 5. The third kappa shape index (κ3) is 3.71. The quantitative estimate of drug-likeness (QED) is 0.700.